The summed E-state index contributed by atoms with van der Waals surface area (Å²) < 4.78 is 0.799. The molecule has 1 fully saturated rings. The highest BCUT2D eigenvalue weighted by atomic mass is 79.9. The topological polar surface area (TPSA) is 83.6 Å². The number of halogens is 1. The van der Waals surface area contributed by atoms with Crippen LogP contribution in [0.2, 0.25) is 0 Å². The van der Waals surface area contributed by atoms with E-state index >= 15 is 0 Å². The number of amides is 1. The lowest BCUT2D eigenvalue weighted by Crippen LogP contribution is -2.42. The van der Waals surface area contributed by atoms with Gasteiger partial charge in [0, 0.05) is 23.1 Å². The Labute approximate surface area is 125 Å². The second-order valence-corrected chi connectivity index (χ2v) is 6.24. The maximum absolute atomic E-state index is 11.2. The fourth-order valence-corrected chi connectivity index (χ4v) is 3.00. The number of aliphatic carboxylic acids is 1. The maximum Gasteiger partial charge on any atom is 0.309 e. The minimum absolute atomic E-state index is 0.452. The number of anilines is 1. The van der Waals surface area contributed by atoms with Crippen molar-refractivity contribution in [2.75, 3.05) is 18.0 Å². The van der Waals surface area contributed by atoms with Crippen LogP contribution in [0.5, 0.6) is 0 Å². The van der Waals surface area contributed by atoms with Crippen LogP contribution in [0.1, 0.15) is 30.1 Å². The smallest absolute Gasteiger partial charge is 0.309 e. The number of hydrogen-bond acceptors (Lipinski definition) is 3. The minimum atomic E-state index is -0.736. The molecule has 1 aromatic carbocycles. The Balaban J connectivity index is 2.15. The van der Waals surface area contributed by atoms with Gasteiger partial charge in [-0.15, -0.1) is 0 Å². The first-order valence-corrected chi connectivity index (χ1v) is 7.20. The van der Waals surface area contributed by atoms with E-state index in [-0.39, 0.29) is 0 Å². The number of hydrogen-bond donors (Lipinski definition) is 2. The van der Waals surface area contributed by atoms with E-state index in [9.17, 15) is 14.7 Å². The lowest BCUT2D eigenvalue weighted by Gasteiger charge is -2.38. The Morgan fingerprint density at radius 1 is 1.35 bits per heavy atom. The quantitative estimate of drug-likeness (QED) is 0.883. The Hall–Kier alpha value is -1.56. The van der Waals surface area contributed by atoms with Crippen LogP contribution in [-0.2, 0) is 4.79 Å². The first-order valence-electron chi connectivity index (χ1n) is 6.41. The lowest BCUT2D eigenvalue weighted by atomic mass is 9.80. The molecule has 1 aromatic rings. The summed E-state index contributed by atoms with van der Waals surface area (Å²) in [5.41, 5.74) is 6.01. The molecule has 1 aliphatic heterocycles. The van der Waals surface area contributed by atoms with Crippen LogP contribution in [0, 0.1) is 5.41 Å². The van der Waals surface area contributed by atoms with Gasteiger partial charge in [-0.3, -0.25) is 9.59 Å². The van der Waals surface area contributed by atoms with Crippen molar-refractivity contribution in [1.82, 2.24) is 0 Å². The van der Waals surface area contributed by atoms with Crippen LogP contribution in [0.3, 0.4) is 0 Å². The SMILES string of the molecule is CC1(C(=O)O)CCN(c2ccc(C(N)=O)cc2Br)CC1. The van der Waals surface area contributed by atoms with Crippen molar-refractivity contribution in [3.63, 3.8) is 0 Å². The highest BCUT2D eigenvalue weighted by Crippen LogP contribution is 2.36. The van der Waals surface area contributed by atoms with E-state index in [2.05, 4.69) is 20.8 Å². The summed E-state index contributed by atoms with van der Waals surface area (Å²) in [5.74, 6) is -1.20. The molecule has 0 bridgehead atoms. The maximum atomic E-state index is 11.2. The zero-order valence-electron chi connectivity index (χ0n) is 11.2. The van der Waals surface area contributed by atoms with Crippen molar-refractivity contribution in [2.45, 2.75) is 19.8 Å². The molecule has 6 heteroatoms. The van der Waals surface area contributed by atoms with E-state index in [0.29, 0.717) is 31.5 Å². The van der Waals surface area contributed by atoms with Gasteiger partial charge in [-0.05, 0) is 53.9 Å². The largest absolute Gasteiger partial charge is 0.481 e. The van der Waals surface area contributed by atoms with Crippen LogP contribution in [0.25, 0.3) is 0 Å². The molecule has 2 rings (SSSR count). The number of carbonyl (C=O) groups is 2. The van der Waals surface area contributed by atoms with Gasteiger partial charge >= 0.3 is 5.97 Å². The van der Waals surface area contributed by atoms with Gasteiger partial charge in [0.25, 0.3) is 0 Å². The van der Waals surface area contributed by atoms with Crippen molar-refractivity contribution < 1.29 is 14.7 Å². The van der Waals surface area contributed by atoms with Crippen LogP contribution in [0.4, 0.5) is 5.69 Å². The number of carboxylic acids is 1. The summed E-state index contributed by atoms with van der Waals surface area (Å²) >= 11 is 3.44. The third kappa shape index (κ3) is 2.80. The van der Waals surface area contributed by atoms with Gasteiger partial charge < -0.3 is 15.7 Å². The van der Waals surface area contributed by atoms with Gasteiger partial charge in [-0.25, -0.2) is 0 Å². The molecule has 108 valence electrons. The molecule has 1 amide bonds. The monoisotopic (exact) mass is 340 g/mol. The average Bonchev–Trinajstić information content (AvgIpc) is 2.39. The molecule has 5 nitrogen and oxygen atoms in total. The third-order valence-electron chi connectivity index (χ3n) is 3.96. The zero-order valence-corrected chi connectivity index (χ0v) is 12.8. The van der Waals surface area contributed by atoms with Crippen LogP contribution < -0.4 is 10.6 Å². The molecule has 0 unspecified atom stereocenters. The molecule has 1 aliphatic rings. The Morgan fingerprint density at radius 3 is 2.40 bits per heavy atom. The molecule has 0 saturated carbocycles. The van der Waals surface area contributed by atoms with Crippen molar-refractivity contribution in [1.29, 1.82) is 0 Å². The van der Waals surface area contributed by atoms with Gasteiger partial charge in [0.2, 0.25) is 5.91 Å². The first-order chi connectivity index (χ1) is 9.33. The molecule has 0 radical (unpaired) electrons. The fraction of sp³-hybridized carbons (Fsp3) is 0.429. The normalized spacial score (nSPS) is 17.8. The molecular weight excluding hydrogens is 324 g/mol. The van der Waals surface area contributed by atoms with E-state index < -0.39 is 17.3 Å². The predicted octanol–water partition coefficient (Wildman–Crippen LogP) is 2.24. The summed E-state index contributed by atoms with van der Waals surface area (Å²) in [6.07, 6.45) is 1.21. The summed E-state index contributed by atoms with van der Waals surface area (Å²) in [6.45, 7) is 3.15. The number of carbonyl (C=O) groups excluding carboxylic acids is 1. The van der Waals surface area contributed by atoms with Gasteiger partial charge in [-0.1, -0.05) is 0 Å². The number of rotatable bonds is 3. The lowest BCUT2D eigenvalue weighted by molar-refractivity contribution is -0.149. The molecule has 0 atom stereocenters. The second kappa shape index (κ2) is 5.44. The highest BCUT2D eigenvalue weighted by molar-refractivity contribution is 9.10. The van der Waals surface area contributed by atoms with E-state index in [1.807, 2.05) is 6.07 Å². The second-order valence-electron chi connectivity index (χ2n) is 5.38. The van der Waals surface area contributed by atoms with Crippen LogP contribution >= 0.6 is 15.9 Å². The molecule has 20 heavy (non-hydrogen) atoms. The van der Waals surface area contributed by atoms with Crippen molar-refractivity contribution in [3.05, 3.63) is 28.2 Å². The summed E-state index contributed by atoms with van der Waals surface area (Å²) in [6, 6.07) is 5.23. The summed E-state index contributed by atoms with van der Waals surface area (Å²) in [5, 5.41) is 9.23. The average molecular weight is 341 g/mol. The number of carboxylic acid groups (broad SMARTS) is 1. The first kappa shape index (κ1) is 14.8. The summed E-state index contributed by atoms with van der Waals surface area (Å²) in [7, 11) is 0. The number of primary amides is 1. The van der Waals surface area contributed by atoms with E-state index in [4.69, 9.17) is 5.73 Å². The summed E-state index contributed by atoms with van der Waals surface area (Å²) in [4.78, 5) is 24.5. The minimum Gasteiger partial charge on any atom is -0.481 e. The van der Waals surface area contributed by atoms with Crippen molar-refractivity contribution in [2.24, 2.45) is 11.1 Å². The molecular formula is C14H17BrN2O3. The van der Waals surface area contributed by atoms with E-state index in [1.54, 1.807) is 19.1 Å². The molecule has 3 N–H and O–H groups in total. The molecule has 0 aliphatic carbocycles. The van der Waals surface area contributed by atoms with Gasteiger partial charge in [0.1, 0.15) is 0 Å². The van der Waals surface area contributed by atoms with Crippen LogP contribution in [0.15, 0.2) is 22.7 Å². The Kier molecular flexibility index (Phi) is 4.04. The standard InChI is InChI=1S/C14H17BrN2O3/c1-14(13(19)20)4-6-17(7-5-14)11-3-2-9(12(16)18)8-10(11)15/h2-3,8H,4-7H2,1H3,(H2,16,18)(H,19,20). The molecule has 1 heterocycles. The Morgan fingerprint density at radius 2 is 1.95 bits per heavy atom. The van der Waals surface area contributed by atoms with Gasteiger partial charge in [0.05, 0.1) is 11.1 Å². The molecule has 0 aromatic heterocycles. The van der Waals surface area contributed by atoms with E-state index in [1.165, 1.54) is 0 Å². The Bertz CT molecular complexity index is 551. The zero-order chi connectivity index (χ0) is 14.9. The van der Waals surface area contributed by atoms with Crippen molar-refractivity contribution in [3.8, 4) is 0 Å². The third-order valence-corrected chi connectivity index (χ3v) is 4.59. The fourth-order valence-electron chi connectivity index (χ4n) is 2.37. The molecule has 1 saturated heterocycles. The van der Waals surface area contributed by atoms with E-state index in [0.717, 1.165) is 10.2 Å². The van der Waals surface area contributed by atoms with Gasteiger partial charge in [0.15, 0.2) is 0 Å². The number of nitrogens with two attached hydrogens (primary N) is 1. The van der Waals surface area contributed by atoms with Crippen molar-refractivity contribution >= 4 is 33.5 Å². The molecule has 0 spiro atoms. The van der Waals surface area contributed by atoms with Gasteiger partial charge in [-0.2, -0.15) is 0 Å². The highest BCUT2D eigenvalue weighted by Gasteiger charge is 2.37. The number of nitrogens with zero attached hydrogens (tertiary/aromatic N) is 1. The number of benzene rings is 1. The number of piperidine rings is 1. The van der Waals surface area contributed by atoms with Crippen LogP contribution in [-0.4, -0.2) is 30.1 Å². The predicted molar refractivity (Wildman–Crippen MR) is 79.8 cm³/mol.